The van der Waals surface area contributed by atoms with Crippen LogP contribution in [0.2, 0.25) is 0 Å². The number of ether oxygens (including phenoxy) is 1. The molecule has 0 heterocycles. The number of nitriles is 1. The van der Waals surface area contributed by atoms with Gasteiger partial charge in [-0.2, -0.15) is 26.9 Å². The van der Waals surface area contributed by atoms with Crippen molar-refractivity contribution in [1.29, 1.82) is 5.26 Å². The van der Waals surface area contributed by atoms with Crippen molar-refractivity contribution in [2.75, 3.05) is 6.61 Å². The summed E-state index contributed by atoms with van der Waals surface area (Å²) in [6.45, 7) is 3.21. The molecule has 1 N–H and O–H groups in total. The Kier molecular flexibility index (Phi) is 6.95. The molecule has 2 aromatic carbocycles. The van der Waals surface area contributed by atoms with Crippen molar-refractivity contribution in [2.45, 2.75) is 38.3 Å². The van der Waals surface area contributed by atoms with Gasteiger partial charge >= 0.3 is 21.6 Å². The number of carboxylic acids is 1. The zero-order chi connectivity index (χ0) is 22.7. The van der Waals surface area contributed by atoms with Gasteiger partial charge in [-0.25, -0.2) is 4.79 Å². The maximum atomic E-state index is 13.0. The molecule has 30 heavy (non-hydrogen) atoms. The van der Waals surface area contributed by atoms with E-state index in [-0.39, 0.29) is 34.1 Å². The van der Waals surface area contributed by atoms with Crippen LogP contribution in [0.25, 0.3) is 10.8 Å². The lowest BCUT2D eigenvalue weighted by molar-refractivity contribution is -0.151. The fourth-order valence-electron chi connectivity index (χ4n) is 2.79. The highest BCUT2D eigenvalue weighted by molar-refractivity contribution is 7.88. The molecule has 0 bridgehead atoms. The van der Waals surface area contributed by atoms with E-state index in [0.717, 1.165) is 0 Å². The lowest BCUT2D eigenvalue weighted by Crippen LogP contribution is -2.29. The van der Waals surface area contributed by atoms with Crippen LogP contribution in [0, 0.1) is 18.3 Å². The van der Waals surface area contributed by atoms with Gasteiger partial charge in [0, 0.05) is 17.6 Å². The zero-order valence-electron chi connectivity index (χ0n) is 16.0. The summed E-state index contributed by atoms with van der Waals surface area (Å²) in [6.07, 6.45) is -0.597. The first-order valence-corrected chi connectivity index (χ1v) is 10.2. The van der Waals surface area contributed by atoms with E-state index in [2.05, 4.69) is 4.18 Å². The summed E-state index contributed by atoms with van der Waals surface area (Å²) in [7, 11) is -6.10. The summed E-state index contributed by atoms with van der Waals surface area (Å²) in [5, 5.41) is 18.7. The third-order valence-electron chi connectivity index (χ3n) is 4.21. The molecule has 2 rings (SSSR count). The number of carboxylic acid groups (broad SMARTS) is 1. The minimum atomic E-state index is -6.10. The summed E-state index contributed by atoms with van der Waals surface area (Å²) in [6, 6.07) is 7.07. The number of unbranched alkanes of at least 4 members (excludes halogenated alkanes) is 1. The van der Waals surface area contributed by atoms with Gasteiger partial charge in [0.25, 0.3) is 0 Å². The van der Waals surface area contributed by atoms with Crippen molar-refractivity contribution < 1.29 is 40.4 Å². The maximum absolute atomic E-state index is 13.0. The number of carbonyl (C=O) groups is 1. The average Bonchev–Trinajstić information content (AvgIpc) is 2.64. The molecule has 0 spiro atoms. The van der Waals surface area contributed by atoms with E-state index < -0.39 is 33.4 Å². The highest BCUT2D eigenvalue weighted by Crippen LogP contribution is 2.41. The van der Waals surface area contributed by atoms with Gasteiger partial charge in [-0.05, 0) is 42.5 Å². The molecule has 0 fully saturated rings. The number of aryl methyl sites for hydroxylation is 1. The predicted molar refractivity (Wildman–Crippen MR) is 100 cm³/mol. The van der Waals surface area contributed by atoms with Gasteiger partial charge in [0.2, 0.25) is 0 Å². The third-order valence-corrected chi connectivity index (χ3v) is 5.17. The molecule has 2 aromatic rings. The number of aliphatic carboxylic acids is 1. The lowest BCUT2D eigenvalue weighted by atomic mass is 9.95. The van der Waals surface area contributed by atoms with Crippen LogP contribution >= 0.6 is 0 Å². The second kappa shape index (κ2) is 8.89. The number of hydrogen-bond acceptors (Lipinski definition) is 6. The Hall–Kier alpha value is -2.84. The number of halogens is 3. The van der Waals surface area contributed by atoms with E-state index in [4.69, 9.17) is 10.00 Å². The van der Waals surface area contributed by atoms with Crippen LogP contribution in [0.5, 0.6) is 5.75 Å². The molecule has 11 heteroatoms. The highest BCUT2D eigenvalue weighted by atomic mass is 32.2. The van der Waals surface area contributed by atoms with Crippen LogP contribution in [0.15, 0.2) is 24.3 Å². The molecule has 7 nitrogen and oxygen atoms in total. The molecule has 0 aliphatic heterocycles. The average molecular weight is 445 g/mol. The van der Waals surface area contributed by atoms with Gasteiger partial charge in [-0.3, -0.25) is 0 Å². The van der Waals surface area contributed by atoms with Gasteiger partial charge in [0.15, 0.2) is 11.9 Å². The molecule has 1 atom stereocenters. The molecular formula is C19H18F3NO6S. The molecule has 0 aliphatic carbocycles. The van der Waals surface area contributed by atoms with Gasteiger partial charge in [-0.15, -0.1) is 0 Å². The summed E-state index contributed by atoms with van der Waals surface area (Å²) in [4.78, 5) is 11.8. The number of hydrogen-bond donors (Lipinski definition) is 1. The Morgan fingerprint density at radius 1 is 1.30 bits per heavy atom. The first-order chi connectivity index (χ1) is 13.9. The number of fused-ring (bicyclic) bond motifs is 1. The topological polar surface area (TPSA) is 114 Å². The molecule has 162 valence electrons. The van der Waals surface area contributed by atoms with Gasteiger partial charge in [-0.1, -0.05) is 19.4 Å². The van der Waals surface area contributed by atoms with Crippen molar-refractivity contribution >= 4 is 26.9 Å². The normalized spacial score (nSPS) is 13.1. The Morgan fingerprint density at radius 2 is 1.97 bits per heavy atom. The fourth-order valence-corrected chi connectivity index (χ4v) is 3.28. The molecule has 0 aromatic heterocycles. The lowest BCUT2D eigenvalue weighted by Gasteiger charge is -2.22. The monoisotopic (exact) mass is 445 g/mol. The van der Waals surface area contributed by atoms with Crippen LogP contribution in [0.1, 0.15) is 42.6 Å². The number of alkyl halides is 3. The van der Waals surface area contributed by atoms with E-state index >= 15 is 0 Å². The fraction of sp³-hybridized carbons (Fsp3) is 0.368. The number of benzene rings is 2. The summed E-state index contributed by atoms with van der Waals surface area (Å²) in [5.41, 5.74) is -5.76. The minimum Gasteiger partial charge on any atom is -0.479 e. The molecule has 0 aliphatic rings. The molecule has 0 amide bonds. The molecular weight excluding hydrogens is 427 g/mol. The van der Waals surface area contributed by atoms with Crippen LogP contribution < -0.4 is 4.18 Å². The first kappa shape index (κ1) is 23.4. The Labute approximate surface area is 170 Å². The quantitative estimate of drug-likeness (QED) is 0.368. The summed E-state index contributed by atoms with van der Waals surface area (Å²) >= 11 is 0. The minimum absolute atomic E-state index is 0.0101. The second-order valence-electron chi connectivity index (χ2n) is 6.41. The van der Waals surface area contributed by atoms with Crippen molar-refractivity contribution in [2.24, 2.45) is 0 Å². The molecule has 0 saturated heterocycles. The molecule has 0 saturated carbocycles. The van der Waals surface area contributed by atoms with Gasteiger partial charge < -0.3 is 14.0 Å². The first-order valence-electron chi connectivity index (χ1n) is 8.75. The zero-order valence-corrected chi connectivity index (χ0v) is 16.8. The van der Waals surface area contributed by atoms with E-state index in [1.165, 1.54) is 31.2 Å². The van der Waals surface area contributed by atoms with E-state index in [1.54, 1.807) is 0 Å². The standard InChI is InChI=1S/C19H18F3NO6S/c1-3-4-7-28-17(18(24)25)15-11(2)8-13-9-12(10-23)5-6-14(13)16(15)29-30(26,27)19(20,21)22/h5-6,8-9,17H,3-4,7H2,1-2H3,(H,24,25). The molecule has 0 radical (unpaired) electrons. The van der Waals surface area contributed by atoms with Gasteiger partial charge in [0.05, 0.1) is 11.6 Å². The van der Waals surface area contributed by atoms with Crippen molar-refractivity contribution in [3.8, 4) is 11.8 Å². The van der Waals surface area contributed by atoms with Crippen LogP contribution in [0.4, 0.5) is 13.2 Å². The summed E-state index contributed by atoms with van der Waals surface area (Å²) < 4.78 is 72.1. The van der Waals surface area contributed by atoms with E-state index in [0.29, 0.717) is 12.8 Å². The van der Waals surface area contributed by atoms with Crippen molar-refractivity contribution in [3.05, 3.63) is 41.0 Å². The second-order valence-corrected chi connectivity index (χ2v) is 7.95. The Morgan fingerprint density at radius 3 is 2.50 bits per heavy atom. The van der Waals surface area contributed by atoms with E-state index in [1.807, 2.05) is 13.0 Å². The maximum Gasteiger partial charge on any atom is 0.534 e. The van der Waals surface area contributed by atoms with Crippen molar-refractivity contribution in [3.63, 3.8) is 0 Å². The Balaban J connectivity index is 2.81. The number of nitrogens with zero attached hydrogens (tertiary/aromatic N) is 1. The summed E-state index contributed by atoms with van der Waals surface area (Å²) in [5.74, 6) is -2.31. The van der Waals surface area contributed by atoms with E-state index in [9.17, 15) is 31.5 Å². The van der Waals surface area contributed by atoms with Crippen LogP contribution in [-0.4, -0.2) is 31.6 Å². The van der Waals surface area contributed by atoms with Crippen LogP contribution in [0.3, 0.4) is 0 Å². The van der Waals surface area contributed by atoms with Crippen LogP contribution in [-0.2, 0) is 19.6 Å². The SMILES string of the molecule is CCCCOC(C(=O)O)c1c(C)cc2cc(C#N)ccc2c1OS(=O)(=O)C(F)(F)F. The smallest absolute Gasteiger partial charge is 0.479 e. The largest absolute Gasteiger partial charge is 0.534 e. The Bertz CT molecular complexity index is 1110. The number of rotatable bonds is 8. The molecule has 1 unspecified atom stereocenters. The van der Waals surface area contributed by atoms with Gasteiger partial charge in [0.1, 0.15) is 0 Å². The highest BCUT2D eigenvalue weighted by Gasteiger charge is 2.49. The van der Waals surface area contributed by atoms with Crippen molar-refractivity contribution in [1.82, 2.24) is 0 Å². The third kappa shape index (κ3) is 4.83. The predicted octanol–water partition coefficient (Wildman–Crippen LogP) is 4.19.